The number of ketones is 1. The molecule has 25 heavy (non-hydrogen) atoms. The van der Waals surface area contributed by atoms with Crippen molar-refractivity contribution in [2.75, 3.05) is 18.1 Å². The van der Waals surface area contributed by atoms with Gasteiger partial charge in [-0.15, -0.1) is 0 Å². The third kappa shape index (κ3) is 3.25. The molecule has 0 saturated heterocycles. The predicted octanol–water partition coefficient (Wildman–Crippen LogP) is 2.93. The van der Waals surface area contributed by atoms with Crippen LogP contribution >= 0.6 is 11.6 Å². The van der Waals surface area contributed by atoms with Crippen molar-refractivity contribution in [1.29, 1.82) is 0 Å². The molecule has 1 N–H and O–H groups in total. The van der Waals surface area contributed by atoms with E-state index in [4.69, 9.17) is 16.3 Å². The zero-order valence-corrected chi connectivity index (χ0v) is 14.5. The number of ether oxygens (including phenoxy) is 1. The van der Waals surface area contributed by atoms with Gasteiger partial charge in [-0.05, 0) is 25.1 Å². The molecule has 0 radical (unpaired) electrons. The Bertz CT molecular complexity index is 823. The molecule has 5 nitrogen and oxygen atoms in total. The molecular weight excluding hydrogens is 342 g/mol. The van der Waals surface area contributed by atoms with E-state index in [9.17, 15) is 14.7 Å². The maximum atomic E-state index is 12.8. The van der Waals surface area contributed by atoms with E-state index in [1.54, 1.807) is 42.5 Å². The van der Waals surface area contributed by atoms with Crippen LogP contribution in [-0.2, 0) is 15.2 Å². The molecular formula is C19H18ClNO4. The van der Waals surface area contributed by atoms with Gasteiger partial charge in [0.25, 0.3) is 5.91 Å². The fraction of sp³-hybridized carbons (Fsp3) is 0.263. The van der Waals surface area contributed by atoms with E-state index in [0.717, 1.165) is 0 Å². The van der Waals surface area contributed by atoms with Crippen LogP contribution in [0.1, 0.15) is 18.9 Å². The normalized spacial score (nSPS) is 19.0. The Morgan fingerprint density at radius 1 is 1.20 bits per heavy atom. The SMILES string of the molecule is CC(=O)CC1(O)C(=O)N(CCOc2ccccc2Cl)c2ccccc21. The van der Waals surface area contributed by atoms with Gasteiger partial charge in [-0.2, -0.15) is 0 Å². The van der Waals surface area contributed by atoms with Crippen LogP contribution in [0.4, 0.5) is 5.69 Å². The molecule has 1 unspecified atom stereocenters. The minimum Gasteiger partial charge on any atom is -0.490 e. The van der Waals surface area contributed by atoms with E-state index in [2.05, 4.69) is 0 Å². The van der Waals surface area contributed by atoms with E-state index in [-0.39, 0.29) is 25.4 Å². The number of benzene rings is 2. The first-order valence-corrected chi connectivity index (χ1v) is 8.32. The van der Waals surface area contributed by atoms with Crippen LogP contribution < -0.4 is 9.64 Å². The number of hydrogen-bond donors (Lipinski definition) is 1. The Morgan fingerprint density at radius 3 is 2.60 bits per heavy atom. The highest BCUT2D eigenvalue weighted by atomic mass is 35.5. The van der Waals surface area contributed by atoms with Crippen molar-refractivity contribution in [2.45, 2.75) is 18.9 Å². The van der Waals surface area contributed by atoms with Crippen molar-refractivity contribution in [1.82, 2.24) is 0 Å². The Labute approximate surface area is 150 Å². The monoisotopic (exact) mass is 359 g/mol. The number of fused-ring (bicyclic) bond motifs is 1. The summed E-state index contributed by atoms with van der Waals surface area (Å²) in [5.41, 5.74) is -0.765. The minimum absolute atomic E-state index is 0.208. The molecule has 1 aliphatic rings. The van der Waals surface area contributed by atoms with Gasteiger partial charge in [0.2, 0.25) is 0 Å². The van der Waals surface area contributed by atoms with E-state index < -0.39 is 11.5 Å². The molecule has 1 atom stereocenters. The maximum absolute atomic E-state index is 12.8. The van der Waals surface area contributed by atoms with E-state index in [0.29, 0.717) is 22.0 Å². The third-order valence-electron chi connectivity index (χ3n) is 4.15. The number of anilines is 1. The summed E-state index contributed by atoms with van der Waals surface area (Å²) in [4.78, 5) is 25.8. The van der Waals surface area contributed by atoms with Gasteiger partial charge in [0.15, 0.2) is 5.60 Å². The molecule has 3 rings (SSSR count). The number of rotatable bonds is 6. The zero-order chi connectivity index (χ0) is 18.0. The van der Waals surface area contributed by atoms with Gasteiger partial charge in [-0.25, -0.2) is 0 Å². The molecule has 0 fully saturated rings. The molecule has 0 saturated carbocycles. The van der Waals surface area contributed by atoms with Crippen LogP contribution in [0.3, 0.4) is 0 Å². The second-order valence-electron chi connectivity index (χ2n) is 5.99. The van der Waals surface area contributed by atoms with Crippen LogP contribution in [0.25, 0.3) is 0 Å². The standard InChI is InChI=1S/C19H18ClNO4/c1-13(22)12-19(24)14-6-2-4-8-16(14)21(18(19)23)10-11-25-17-9-5-3-7-15(17)20/h2-9,24H,10-12H2,1H3. The van der Waals surface area contributed by atoms with Gasteiger partial charge in [-0.3, -0.25) is 9.59 Å². The zero-order valence-electron chi connectivity index (χ0n) is 13.7. The fourth-order valence-electron chi connectivity index (χ4n) is 3.07. The Morgan fingerprint density at radius 2 is 1.88 bits per heavy atom. The second kappa shape index (κ2) is 6.86. The lowest BCUT2D eigenvalue weighted by molar-refractivity contribution is -0.141. The van der Waals surface area contributed by atoms with Crippen LogP contribution in [0.5, 0.6) is 5.75 Å². The fourth-order valence-corrected chi connectivity index (χ4v) is 3.26. The lowest BCUT2D eigenvalue weighted by Crippen LogP contribution is -2.43. The highest BCUT2D eigenvalue weighted by Crippen LogP contribution is 2.42. The summed E-state index contributed by atoms with van der Waals surface area (Å²) >= 11 is 6.05. The summed E-state index contributed by atoms with van der Waals surface area (Å²) in [5.74, 6) is -0.227. The van der Waals surface area contributed by atoms with Gasteiger partial charge < -0.3 is 14.7 Å². The van der Waals surface area contributed by atoms with Gasteiger partial charge in [-0.1, -0.05) is 41.9 Å². The average molecular weight is 360 g/mol. The highest BCUT2D eigenvalue weighted by molar-refractivity contribution is 6.32. The number of halogens is 1. The van der Waals surface area contributed by atoms with E-state index >= 15 is 0 Å². The van der Waals surface area contributed by atoms with Crippen LogP contribution in [0.2, 0.25) is 5.02 Å². The minimum atomic E-state index is -1.81. The van der Waals surface area contributed by atoms with Crippen molar-refractivity contribution >= 4 is 29.0 Å². The largest absolute Gasteiger partial charge is 0.490 e. The van der Waals surface area contributed by atoms with Gasteiger partial charge >= 0.3 is 0 Å². The summed E-state index contributed by atoms with van der Waals surface area (Å²) in [7, 11) is 0. The molecule has 2 aromatic carbocycles. The van der Waals surface area contributed by atoms with Gasteiger partial charge in [0.05, 0.1) is 17.3 Å². The van der Waals surface area contributed by atoms with Crippen molar-refractivity contribution in [3.63, 3.8) is 0 Å². The molecule has 6 heteroatoms. The first-order chi connectivity index (χ1) is 11.9. The average Bonchev–Trinajstić information content (AvgIpc) is 2.78. The van der Waals surface area contributed by atoms with E-state index in [1.807, 2.05) is 6.07 Å². The van der Waals surface area contributed by atoms with Crippen LogP contribution in [0.15, 0.2) is 48.5 Å². The summed E-state index contributed by atoms with van der Waals surface area (Å²) in [6.45, 7) is 1.80. The third-order valence-corrected chi connectivity index (χ3v) is 4.47. The Hall–Kier alpha value is -2.37. The van der Waals surface area contributed by atoms with Crippen molar-refractivity contribution in [2.24, 2.45) is 0 Å². The number of para-hydroxylation sites is 2. The number of carbonyl (C=O) groups is 2. The number of carbonyl (C=O) groups excluding carboxylic acids is 2. The maximum Gasteiger partial charge on any atom is 0.264 e. The summed E-state index contributed by atoms with van der Waals surface area (Å²) in [5, 5.41) is 11.3. The topological polar surface area (TPSA) is 66.8 Å². The molecule has 1 amide bonds. The number of hydrogen-bond acceptors (Lipinski definition) is 4. The number of aliphatic hydroxyl groups is 1. The number of amides is 1. The lowest BCUT2D eigenvalue weighted by atomic mass is 9.90. The molecule has 0 spiro atoms. The first kappa shape index (κ1) is 17.5. The van der Waals surface area contributed by atoms with Crippen molar-refractivity contribution < 1.29 is 19.4 Å². The van der Waals surface area contributed by atoms with Gasteiger partial charge in [0.1, 0.15) is 18.1 Å². The van der Waals surface area contributed by atoms with Gasteiger partial charge in [0, 0.05) is 12.0 Å². The molecule has 1 aliphatic heterocycles. The van der Waals surface area contributed by atoms with E-state index in [1.165, 1.54) is 11.8 Å². The number of nitrogens with zero attached hydrogens (tertiary/aromatic N) is 1. The summed E-state index contributed by atoms with van der Waals surface area (Å²) < 4.78 is 5.64. The molecule has 0 aromatic heterocycles. The predicted molar refractivity (Wildman–Crippen MR) is 94.9 cm³/mol. The highest BCUT2D eigenvalue weighted by Gasteiger charge is 2.50. The van der Waals surface area contributed by atoms with Crippen LogP contribution in [0, 0.1) is 0 Å². The van der Waals surface area contributed by atoms with Crippen LogP contribution in [-0.4, -0.2) is 29.9 Å². The molecule has 2 aromatic rings. The molecule has 0 bridgehead atoms. The summed E-state index contributed by atoms with van der Waals surface area (Å²) in [6.07, 6.45) is -0.245. The first-order valence-electron chi connectivity index (χ1n) is 7.94. The Kier molecular flexibility index (Phi) is 4.79. The molecule has 1 heterocycles. The van der Waals surface area contributed by atoms with Crippen molar-refractivity contribution in [3.8, 4) is 5.75 Å². The Balaban J connectivity index is 1.79. The quantitative estimate of drug-likeness (QED) is 0.861. The lowest BCUT2D eigenvalue weighted by Gasteiger charge is -2.22. The molecule has 0 aliphatic carbocycles. The molecule has 130 valence electrons. The summed E-state index contributed by atoms with van der Waals surface area (Å²) in [6, 6.07) is 14.0. The number of Topliss-reactive ketones (excluding diaryl/α,β-unsaturated/α-hetero) is 1. The van der Waals surface area contributed by atoms with Crippen molar-refractivity contribution in [3.05, 3.63) is 59.1 Å². The second-order valence-corrected chi connectivity index (χ2v) is 6.40. The smallest absolute Gasteiger partial charge is 0.264 e.